The quantitative estimate of drug-likeness (QED) is 0.664. The minimum atomic E-state index is -0.612. The second-order valence-corrected chi connectivity index (χ2v) is 7.13. The average molecular weight is 384 g/mol. The minimum Gasteiger partial charge on any atom is -0.354 e. The lowest BCUT2D eigenvalue weighted by molar-refractivity contribution is -0.140. The molecule has 2 amide bonds. The largest absolute Gasteiger partial charge is 0.354 e. The Hall–Kier alpha value is -2.69. The van der Waals surface area contributed by atoms with Crippen molar-refractivity contribution in [2.75, 3.05) is 6.54 Å². The van der Waals surface area contributed by atoms with Gasteiger partial charge in [0.15, 0.2) is 0 Å². The zero-order valence-electron chi connectivity index (χ0n) is 16.9. The third-order valence-corrected chi connectivity index (χ3v) is 4.70. The molecule has 0 saturated carbocycles. The molecule has 2 rings (SSSR count). The number of nitrogens with one attached hydrogen (secondary N) is 1. The Morgan fingerprint density at radius 1 is 1.11 bits per heavy atom. The van der Waals surface area contributed by atoms with Crippen LogP contribution in [0.3, 0.4) is 0 Å². The number of hydrogen-bond donors (Lipinski definition) is 1. The number of halogens is 1. The van der Waals surface area contributed by atoms with E-state index >= 15 is 0 Å². The van der Waals surface area contributed by atoms with Crippen molar-refractivity contribution < 1.29 is 14.0 Å². The predicted octanol–water partition coefficient (Wildman–Crippen LogP) is 4.01. The van der Waals surface area contributed by atoms with E-state index in [2.05, 4.69) is 12.2 Å². The van der Waals surface area contributed by atoms with Gasteiger partial charge in [-0.15, -0.1) is 0 Å². The molecule has 0 aromatic heterocycles. The summed E-state index contributed by atoms with van der Waals surface area (Å²) in [6.07, 6.45) is 2.10. The van der Waals surface area contributed by atoms with Crippen molar-refractivity contribution in [3.63, 3.8) is 0 Å². The summed E-state index contributed by atoms with van der Waals surface area (Å²) >= 11 is 0. The molecule has 0 spiro atoms. The van der Waals surface area contributed by atoms with Crippen LogP contribution in [0, 0.1) is 12.7 Å². The lowest BCUT2D eigenvalue weighted by Gasteiger charge is -2.29. The van der Waals surface area contributed by atoms with E-state index in [4.69, 9.17) is 0 Å². The number of unbranched alkanes of at least 4 members (excludes halogenated alkanes) is 1. The smallest absolute Gasteiger partial charge is 0.242 e. The van der Waals surface area contributed by atoms with E-state index < -0.39 is 6.04 Å². The standard InChI is InChI=1S/C23H29FN2O2/c1-4-5-13-25-23(28)18(3)26(16-19-9-11-21(24)12-10-19)22(27)15-20-8-6-7-17(2)14-20/h6-12,14,18H,4-5,13,15-16H2,1-3H3,(H,25,28)/t18-/m1/s1. The molecule has 0 bridgehead atoms. The summed E-state index contributed by atoms with van der Waals surface area (Å²) < 4.78 is 13.2. The van der Waals surface area contributed by atoms with E-state index in [1.54, 1.807) is 24.0 Å². The van der Waals surface area contributed by atoms with Gasteiger partial charge in [0.25, 0.3) is 0 Å². The SMILES string of the molecule is CCCCNC(=O)[C@@H](C)N(Cc1ccc(F)cc1)C(=O)Cc1cccc(C)c1. The highest BCUT2D eigenvalue weighted by atomic mass is 19.1. The summed E-state index contributed by atoms with van der Waals surface area (Å²) in [5.74, 6) is -0.632. The topological polar surface area (TPSA) is 49.4 Å². The van der Waals surface area contributed by atoms with Gasteiger partial charge in [0.2, 0.25) is 11.8 Å². The highest BCUT2D eigenvalue weighted by Crippen LogP contribution is 2.14. The van der Waals surface area contributed by atoms with Crippen LogP contribution in [-0.2, 0) is 22.6 Å². The third kappa shape index (κ3) is 6.48. The van der Waals surface area contributed by atoms with Crippen molar-refractivity contribution in [3.05, 3.63) is 71.0 Å². The van der Waals surface area contributed by atoms with Gasteiger partial charge in [0.05, 0.1) is 6.42 Å². The van der Waals surface area contributed by atoms with Crippen LogP contribution >= 0.6 is 0 Å². The fourth-order valence-electron chi connectivity index (χ4n) is 3.00. The number of carbonyl (C=O) groups is 2. The van der Waals surface area contributed by atoms with Crippen LogP contribution in [0.25, 0.3) is 0 Å². The van der Waals surface area contributed by atoms with Crippen molar-refractivity contribution in [2.24, 2.45) is 0 Å². The first-order valence-corrected chi connectivity index (χ1v) is 9.78. The molecule has 150 valence electrons. The molecule has 0 aliphatic rings. The summed E-state index contributed by atoms with van der Waals surface area (Å²) in [5, 5.41) is 2.89. The van der Waals surface area contributed by atoms with Gasteiger partial charge in [-0.2, -0.15) is 0 Å². The monoisotopic (exact) mass is 384 g/mol. The van der Waals surface area contributed by atoms with Crippen molar-refractivity contribution in [2.45, 2.75) is 52.6 Å². The highest BCUT2D eigenvalue weighted by molar-refractivity contribution is 5.88. The Morgan fingerprint density at radius 3 is 2.46 bits per heavy atom. The Morgan fingerprint density at radius 2 is 1.82 bits per heavy atom. The van der Waals surface area contributed by atoms with Gasteiger partial charge in [0.1, 0.15) is 11.9 Å². The average Bonchev–Trinajstić information content (AvgIpc) is 2.67. The molecule has 0 heterocycles. The molecule has 0 radical (unpaired) electrons. The second-order valence-electron chi connectivity index (χ2n) is 7.13. The highest BCUT2D eigenvalue weighted by Gasteiger charge is 2.26. The molecule has 0 fully saturated rings. The minimum absolute atomic E-state index is 0.131. The van der Waals surface area contributed by atoms with Gasteiger partial charge >= 0.3 is 0 Å². The van der Waals surface area contributed by atoms with Crippen molar-refractivity contribution >= 4 is 11.8 Å². The van der Waals surface area contributed by atoms with Crippen molar-refractivity contribution in [3.8, 4) is 0 Å². The lowest BCUT2D eigenvalue weighted by atomic mass is 10.1. The molecule has 1 N–H and O–H groups in total. The number of rotatable bonds is 9. The van der Waals surface area contributed by atoms with E-state index in [0.717, 1.165) is 29.5 Å². The molecule has 0 aliphatic carbocycles. The van der Waals surface area contributed by atoms with Gasteiger partial charge in [-0.3, -0.25) is 9.59 Å². The molecule has 28 heavy (non-hydrogen) atoms. The van der Waals surface area contributed by atoms with Gasteiger partial charge in [-0.05, 0) is 43.5 Å². The normalized spacial score (nSPS) is 11.7. The zero-order valence-corrected chi connectivity index (χ0v) is 16.9. The van der Waals surface area contributed by atoms with Crippen LogP contribution in [0.2, 0.25) is 0 Å². The molecule has 5 heteroatoms. The Kier molecular flexibility index (Phi) is 8.18. The number of benzene rings is 2. The number of aryl methyl sites for hydroxylation is 1. The molecular weight excluding hydrogens is 355 g/mol. The van der Waals surface area contributed by atoms with Gasteiger partial charge < -0.3 is 10.2 Å². The first-order chi connectivity index (χ1) is 13.4. The van der Waals surface area contributed by atoms with Crippen LogP contribution in [0.15, 0.2) is 48.5 Å². The summed E-state index contributed by atoms with van der Waals surface area (Å²) in [4.78, 5) is 27.2. The molecule has 4 nitrogen and oxygen atoms in total. The van der Waals surface area contributed by atoms with Crippen LogP contribution in [0.1, 0.15) is 43.4 Å². The first kappa shape index (κ1) is 21.6. The zero-order chi connectivity index (χ0) is 20.5. The lowest BCUT2D eigenvalue weighted by Crippen LogP contribution is -2.48. The van der Waals surface area contributed by atoms with Crippen LogP contribution in [0.4, 0.5) is 4.39 Å². The summed E-state index contributed by atoms with van der Waals surface area (Å²) in [5.41, 5.74) is 2.78. The van der Waals surface area contributed by atoms with E-state index in [9.17, 15) is 14.0 Å². The van der Waals surface area contributed by atoms with Gasteiger partial charge in [-0.1, -0.05) is 55.3 Å². The van der Waals surface area contributed by atoms with E-state index in [-0.39, 0.29) is 30.6 Å². The fourth-order valence-corrected chi connectivity index (χ4v) is 3.00. The Balaban J connectivity index is 2.17. The van der Waals surface area contributed by atoms with Gasteiger partial charge in [-0.25, -0.2) is 4.39 Å². The maximum absolute atomic E-state index is 13.2. The number of hydrogen-bond acceptors (Lipinski definition) is 2. The molecule has 0 unspecified atom stereocenters. The molecular formula is C23H29FN2O2. The fraction of sp³-hybridized carbons (Fsp3) is 0.391. The molecule has 0 aliphatic heterocycles. The number of carbonyl (C=O) groups excluding carboxylic acids is 2. The maximum Gasteiger partial charge on any atom is 0.242 e. The van der Waals surface area contributed by atoms with Crippen LogP contribution in [0.5, 0.6) is 0 Å². The maximum atomic E-state index is 13.2. The molecule has 0 saturated heterocycles. The predicted molar refractivity (Wildman–Crippen MR) is 109 cm³/mol. The van der Waals surface area contributed by atoms with E-state index in [1.807, 2.05) is 31.2 Å². The van der Waals surface area contributed by atoms with Crippen molar-refractivity contribution in [1.82, 2.24) is 10.2 Å². The number of nitrogens with zero attached hydrogens (tertiary/aromatic N) is 1. The van der Waals surface area contributed by atoms with Crippen LogP contribution in [-0.4, -0.2) is 29.3 Å². The van der Waals surface area contributed by atoms with Crippen molar-refractivity contribution in [1.29, 1.82) is 0 Å². The number of amides is 2. The Bertz CT molecular complexity index is 789. The summed E-state index contributed by atoms with van der Waals surface area (Å²) in [7, 11) is 0. The van der Waals surface area contributed by atoms with Crippen LogP contribution < -0.4 is 5.32 Å². The van der Waals surface area contributed by atoms with E-state index in [0.29, 0.717) is 6.54 Å². The van der Waals surface area contributed by atoms with E-state index in [1.165, 1.54) is 12.1 Å². The van der Waals surface area contributed by atoms with Gasteiger partial charge in [0, 0.05) is 13.1 Å². The molecule has 2 aromatic rings. The molecule has 1 atom stereocenters. The Labute approximate surface area is 166 Å². The third-order valence-electron chi connectivity index (χ3n) is 4.70. The molecule has 2 aromatic carbocycles. The first-order valence-electron chi connectivity index (χ1n) is 9.78. The summed E-state index contributed by atoms with van der Waals surface area (Å²) in [6.45, 7) is 6.62. The second kappa shape index (κ2) is 10.6. The summed E-state index contributed by atoms with van der Waals surface area (Å²) in [6, 6.07) is 13.2.